The van der Waals surface area contributed by atoms with E-state index in [2.05, 4.69) is 4.98 Å². The molecule has 0 aliphatic heterocycles. The number of nitrogens with zero attached hydrogens (tertiary/aromatic N) is 2. The molecule has 0 N–H and O–H groups in total. The van der Waals surface area contributed by atoms with Gasteiger partial charge in [0.05, 0.1) is 12.9 Å². The lowest BCUT2D eigenvalue weighted by Crippen LogP contribution is -1.98. The number of aromatic nitrogens is 2. The minimum Gasteiger partial charge on any atom is -0.332 e. The SMILES string of the molecule is O=Cc1cn(Cc2ccccc2F)cn1. The van der Waals surface area contributed by atoms with Gasteiger partial charge in [0.15, 0.2) is 6.29 Å². The molecule has 0 aliphatic rings. The maximum absolute atomic E-state index is 13.3. The van der Waals surface area contributed by atoms with E-state index in [1.165, 1.54) is 12.4 Å². The number of halogens is 1. The summed E-state index contributed by atoms with van der Waals surface area (Å²) in [5, 5.41) is 0. The third kappa shape index (κ3) is 2.10. The Labute approximate surface area is 86.2 Å². The van der Waals surface area contributed by atoms with Crippen LogP contribution in [-0.4, -0.2) is 15.8 Å². The summed E-state index contributed by atoms with van der Waals surface area (Å²) in [6.45, 7) is 0.382. The Bertz CT molecular complexity index is 479. The maximum atomic E-state index is 13.3. The van der Waals surface area contributed by atoms with Crippen molar-refractivity contribution in [1.82, 2.24) is 9.55 Å². The highest BCUT2D eigenvalue weighted by atomic mass is 19.1. The van der Waals surface area contributed by atoms with Crippen LogP contribution in [-0.2, 0) is 6.54 Å². The van der Waals surface area contributed by atoms with E-state index in [1.807, 2.05) is 0 Å². The molecular formula is C11H9FN2O. The molecule has 0 spiro atoms. The van der Waals surface area contributed by atoms with Crippen LogP contribution in [0.1, 0.15) is 16.1 Å². The topological polar surface area (TPSA) is 34.9 Å². The van der Waals surface area contributed by atoms with Crippen LogP contribution in [0.3, 0.4) is 0 Å². The molecule has 2 aromatic rings. The van der Waals surface area contributed by atoms with Crippen LogP contribution >= 0.6 is 0 Å². The molecule has 0 saturated heterocycles. The molecule has 0 aliphatic carbocycles. The normalized spacial score (nSPS) is 10.2. The van der Waals surface area contributed by atoms with Crippen molar-refractivity contribution in [2.45, 2.75) is 6.54 Å². The van der Waals surface area contributed by atoms with E-state index in [4.69, 9.17) is 0 Å². The van der Waals surface area contributed by atoms with E-state index in [0.717, 1.165) is 0 Å². The van der Waals surface area contributed by atoms with Crippen molar-refractivity contribution >= 4 is 6.29 Å². The van der Waals surface area contributed by atoms with Crippen molar-refractivity contribution in [2.24, 2.45) is 0 Å². The molecule has 0 amide bonds. The number of benzene rings is 1. The van der Waals surface area contributed by atoms with Gasteiger partial charge in [0.2, 0.25) is 0 Å². The lowest BCUT2D eigenvalue weighted by molar-refractivity contribution is 0.111. The second kappa shape index (κ2) is 4.04. The zero-order valence-corrected chi connectivity index (χ0v) is 7.93. The molecule has 2 rings (SSSR count). The first-order chi connectivity index (χ1) is 7.29. The van der Waals surface area contributed by atoms with Gasteiger partial charge in [-0.3, -0.25) is 4.79 Å². The molecule has 3 nitrogen and oxygen atoms in total. The van der Waals surface area contributed by atoms with E-state index < -0.39 is 0 Å². The standard InChI is InChI=1S/C11H9FN2O/c12-11-4-2-1-3-9(11)5-14-6-10(7-15)13-8-14/h1-4,6-8H,5H2. The third-order valence-corrected chi connectivity index (χ3v) is 2.08. The highest BCUT2D eigenvalue weighted by Gasteiger charge is 2.02. The zero-order chi connectivity index (χ0) is 10.7. The molecule has 0 saturated carbocycles. The van der Waals surface area contributed by atoms with E-state index in [1.54, 1.807) is 29.0 Å². The molecule has 0 atom stereocenters. The lowest BCUT2D eigenvalue weighted by atomic mass is 10.2. The number of hydrogen-bond donors (Lipinski definition) is 0. The highest BCUT2D eigenvalue weighted by Crippen LogP contribution is 2.08. The quantitative estimate of drug-likeness (QED) is 0.715. The minimum absolute atomic E-state index is 0.251. The minimum atomic E-state index is -0.251. The van der Waals surface area contributed by atoms with Gasteiger partial charge in [-0.1, -0.05) is 18.2 Å². The number of carbonyl (C=O) groups excluding carboxylic acids is 1. The van der Waals surface area contributed by atoms with Crippen LogP contribution in [0.15, 0.2) is 36.8 Å². The summed E-state index contributed by atoms with van der Waals surface area (Å²) in [6.07, 6.45) is 3.76. The molecule has 15 heavy (non-hydrogen) atoms. The van der Waals surface area contributed by atoms with E-state index >= 15 is 0 Å². The van der Waals surface area contributed by atoms with Crippen LogP contribution in [0.4, 0.5) is 4.39 Å². The van der Waals surface area contributed by atoms with Crippen LogP contribution in [0, 0.1) is 5.82 Å². The van der Waals surface area contributed by atoms with Crippen LogP contribution in [0.2, 0.25) is 0 Å². The molecule has 1 aromatic carbocycles. The number of carbonyl (C=O) groups is 1. The van der Waals surface area contributed by atoms with Crippen LogP contribution < -0.4 is 0 Å². The summed E-state index contributed by atoms with van der Waals surface area (Å²) in [6, 6.07) is 6.53. The van der Waals surface area contributed by atoms with Gasteiger partial charge >= 0.3 is 0 Å². The van der Waals surface area contributed by atoms with Gasteiger partial charge in [0.25, 0.3) is 0 Å². The van der Waals surface area contributed by atoms with Gasteiger partial charge in [-0.25, -0.2) is 9.37 Å². The Morgan fingerprint density at radius 2 is 2.20 bits per heavy atom. The Morgan fingerprint density at radius 1 is 1.40 bits per heavy atom. The molecule has 1 heterocycles. The van der Waals surface area contributed by atoms with E-state index in [9.17, 15) is 9.18 Å². The third-order valence-electron chi connectivity index (χ3n) is 2.08. The fourth-order valence-corrected chi connectivity index (χ4v) is 1.35. The van der Waals surface area contributed by atoms with Crippen molar-refractivity contribution in [3.05, 3.63) is 53.9 Å². The van der Waals surface area contributed by atoms with Gasteiger partial charge in [0, 0.05) is 11.8 Å². The Kier molecular flexibility index (Phi) is 2.58. The molecule has 0 bridgehead atoms. The monoisotopic (exact) mass is 204 g/mol. The molecular weight excluding hydrogens is 195 g/mol. The summed E-state index contributed by atoms with van der Waals surface area (Å²) in [5.74, 6) is -0.251. The van der Waals surface area contributed by atoms with Crippen molar-refractivity contribution in [3.63, 3.8) is 0 Å². The molecule has 4 heteroatoms. The maximum Gasteiger partial charge on any atom is 0.169 e. The summed E-state index contributed by atoms with van der Waals surface area (Å²) in [4.78, 5) is 14.2. The molecule has 0 unspecified atom stereocenters. The lowest BCUT2D eigenvalue weighted by Gasteiger charge is -2.02. The van der Waals surface area contributed by atoms with Gasteiger partial charge in [0.1, 0.15) is 11.5 Å². The molecule has 0 fully saturated rings. The number of hydrogen-bond acceptors (Lipinski definition) is 2. The molecule has 1 aromatic heterocycles. The highest BCUT2D eigenvalue weighted by molar-refractivity contribution is 5.70. The first-order valence-corrected chi connectivity index (χ1v) is 4.50. The van der Waals surface area contributed by atoms with Crippen molar-refractivity contribution in [1.29, 1.82) is 0 Å². The summed E-state index contributed by atoms with van der Waals surface area (Å²) >= 11 is 0. The average Bonchev–Trinajstić information content (AvgIpc) is 2.69. The van der Waals surface area contributed by atoms with E-state index in [0.29, 0.717) is 24.1 Å². The Balaban J connectivity index is 2.22. The predicted molar refractivity (Wildman–Crippen MR) is 53.1 cm³/mol. The average molecular weight is 204 g/mol. The second-order valence-electron chi connectivity index (χ2n) is 3.18. The van der Waals surface area contributed by atoms with Gasteiger partial charge in [-0.15, -0.1) is 0 Å². The largest absolute Gasteiger partial charge is 0.332 e. The van der Waals surface area contributed by atoms with Crippen LogP contribution in [0.5, 0.6) is 0 Å². The Morgan fingerprint density at radius 3 is 2.87 bits per heavy atom. The van der Waals surface area contributed by atoms with Crippen molar-refractivity contribution in [3.8, 4) is 0 Å². The fourth-order valence-electron chi connectivity index (χ4n) is 1.35. The first kappa shape index (κ1) is 9.58. The zero-order valence-electron chi connectivity index (χ0n) is 7.93. The van der Waals surface area contributed by atoms with Gasteiger partial charge < -0.3 is 4.57 Å². The number of imidazole rings is 1. The smallest absolute Gasteiger partial charge is 0.169 e. The van der Waals surface area contributed by atoms with Gasteiger partial charge in [-0.05, 0) is 6.07 Å². The summed E-state index contributed by atoms with van der Waals surface area (Å²) in [5.41, 5.74) is 0.929. The van der Waals surface area contributed by atoms with Crippen molar-refractivity contribution < 1.29 is 9.18 Å². The van der Waals surface area contributed by atoms with Gasteiger partial charge in [-0.2, -0.15) is 0 Å². The first-order valence-electron chi connectivity index (χ1n) is 4.50. The van der Waals surface area contributed by atoms with Crippen molar-refractivity contribution in [2.75, 3.05) is 0 Å². The van der Waals surface area contributed by atoms with Crippen LogP contribution in [0.25, 0.3) is 0 Å². The molecule has 76 valence electrons. The fraction of sp³-hybridized carbons (Fsp3) is 0.0909. The Hall–Kier alpha value is -1.97. The van der Waals surface area contributed by atoms with E-state index in [-0.39, 0.29) is 5.82 Å². The second-order valence-corrected chi connectivity index (χ2v) is 3.18. The summed E-state index contributed by atoms with van der Waals surface area (Å²) in [7, 11) is 0. The number of rotatable bonds is 3. The number of aldehydes is 1. The molecule has 0 radical (unpaired) electrons. The predicted octanol–water partition coefficient (Wildman–Crippen LogP) is 1.88. The summed E-state index contributed by atoms with van der Waals surface area (Å²) < 4.78 is 14.9.